The fraction of sp³-hybridized carbons (Fsp3) is 0.286. The van der Waals surface area contributed by atoms with Gasteiger partial charge in [-0.15, -0.1) is 0 Å². The fourth-order valence-electron chi connectivity index (χ4n) is 0.791. The maximum absolute atomic E-state index is 10.1. The number of carbonyl (C=O) groups is 1. The zero-order valence-corrected chi connectivity index (χ0v) is 6.58. The molecule has 1 heterocycles. The molecule has 0 aliphatic carbocycles. The number of carboxylic acids is 1. The smallest absolute Gasteiger partial charge is 0.305 e. The van der Waals surface area contributed by atoms with Crippen molar-refractivity contribution in [3.8, 4) is 0 Å². The third-order valence-electron chi connectivity index (χ3n) is 1.34. The van der Waals surface area contributed by atoms with E-state index in [0.717, 1.165) is 0 Å². The van der Waals surface area contributed by atoms with Crippen LogP contribution < -0.4 is 0 Å². The molecule has 0 bridgehead atoms. The Kier molecular flexibility index (Phi) is 2.54. The molecule has 0 atom stereocenters. The van der Waals surface area contributed by atoms with Crippen molar-refractivity contribution in [2.45, 2.75) is 13.0 Å². The van der Waals surface area contributed by atoms with E-state index in [-0.39, 0.29) is 6.42 Å². The highest BCUT2D eigenvalue weighted by molar-refractivity contribution is 6.29. The van der Waals surface area contributed by atoms with E-state index >= 15 is 0 Å². The second kappa shape index (κ2) is 3.44. The highest BCUT2D eigenvalue weighted by Crippen LogP contribution is 2.09. The lowest BCUT2D eigenvalue weighted by Crippen LogP contribution is -2.03. The van der Waals surface area contributed by atoms with Crippen molar-refractivity contribution < 1.29 is 9.90 Å². The van der Waals surface area contributed by atoms with E-state index in [4.69, 9.17) is 16.7 Å². The molecule has 0 amide bonds. The summed E-state index contributed by atoms with van der Waals surface area (Å²) >= 11 is 5.69. The monoisotopic (exact) mass is 173 g/mol. The normalized spacial score (nSPS) is 9.91. The van der Waals surface area contributed by atoms with Crippen LogP contribution in [0, 0.1) is 0 Å². The Morgan fingerprint density at radius 3 is 2.91 bits per heavy atom. The molecule has 0 aliphatic rings. The Morgan fingerprint density at radius 2 is 2.45 bits per heavy atom. The van der Waals surface area contributed by atoms with E-state index in [0.29, 0.717) is 11.7 Å². The van der Waals surface area contributed by atoms with Gasteiger partial charge in [-0.3, -0.25) is 4.79 Å². The van der Waals surface area contributed by atoms with Crippen molar-refractivity contribution in [1.29, 1.82) is 0 Å². The van der Waals surface area contributed by atoms with Crippen molar-refractivity contribution in [2.24, 2.45) is 0 Å². The van der Waals surface area contributed by atoms with Crippen LogP contribution in [0.15, 0.2) is 18.3 Å². The van der Waals surface area contributed by atoms with Crippen molar-refractivity contribution in [3.05, 3.63) is 23.5 Å². The van der Waals surface area contributed by atoms with Gasteiger partial charge < -0.3 is 9.67 Å². The van der Waals surface area contributed by atoms with E-state index in [1.54, 1.807) is 22.9 Å². The van der Waals surface area contributed by atoms with E-state index in [1.807, 2.05) is 0 Å². The molecule has 1 rings (SSSR count). The molecule has 1 aromatic rings. The summed E-state index contributed by atoms with van der Waals surface area (Å²) in [6, 6.07) is 3.51. The summed E-state index contributed by atoms with van der Waals surface area (Å²) in [4.78, 5) is 10.1. The van der Waals surface area contributed by atoms with Crippen LogP contribution in [0.3, 0.4) is 0 Å². The lowest BCUT2D eigenvalue weighted by atomic mass is 10.4. The number of nitrogens with zero attached hydrogens (tertiary/aromatic N) is 1. The third kappa shape index (κ3) is 2.27. The van der Waals surface area contributed by atoms with Gasteiger partial charge >= 0.3 is 5.97 Å². The third-order valence-corrected chi connectivity index (χ3v) is 1.68. The first-order valence-corrected chi connectivity index (χ1v) is 3.60. The molecule has 0 aromatic carbocycles. The van der Waals surface area contributed by atoms with Gasteiger partial charge in [0.2, 0.25) is 0 Å². The minimum Gasteiger partial charge on any atom is -0.481 e. The second-order valence-corrected chi connectivity index (χ2v) is 2.56. The summed E-state index contributed by atoms with van der Waals surface area (Å²) in [6.45, 7) is 0.432. The minimum absolute atomic E-state index is 0.106. The molecule has 0 saturated carbocycles. The Morgan fingerprint density at radius 1 is 1.73 bits per heavy atom. The zero-order valence-electron chi connectivity index (χ0n) is 5.83. The lowest BCUT2D eigenvalue weighted by Gasteiger charge is -2.00. The lowest BCUT2D eigenvalue weighted by molar-refractivity contribution is -0.137. The molecule has 3 nitrogen and oxygen atoms in total. The van der Waals surface area contributed by atoms with E-state index in [2.05, 4.69) is 0 Å². The van der Waals surface area contributed by atoms with Gasteiger partial charge in [0.05, 0.1) is 6.42 Å². The number of hydrogen-bond acceptors (Lipinski definition) is 1. The number of aryl methyl sites for hydroxylation is 1. The molecule has 60 valence electrons. The first-order chi connectivity index (χ1) is 5.20. The van der Waals surface area contributed by atoms with Gasteiger partial charge in [0, 0.05) is 12.7 Å². The molecule has 0 spiro atoms. The quantitative estimate of drug-likeness (QED) is 0.755. The summed E-state index contributed by atoms with van der Waals surface area (Å²) in [5.41, 5.74) is 0. The van der Waals surface area contributed by atoms with E-state index < -0.39 is 5.97 Å². The van der Waals surface area contributed by atoms with Gasteiger partial charge in [-0.05, 0) is 12.1 Å². The minimum atomic E-state index is -0.810. The Balaban J connectivity index is 2.51. The largest absolute Gasteiger partial charge is 0.481 e. The van der Waals surface area contributed by atoms with Crippen LogP contribution in [-0.4, -0.2) is 15.6 Å². The van der Waals surface area contributed by atoms with Crippen LogP contribution in [0.4, 0.5) is 0 Å². The van der Waals surface area contributed by atoms with Gasteiger partial charge in [-0.25, -0.2) is 0 Å². The molecular formula is C7H8ClNO2. The molecule has 4 heteroatoms. The van der Waals surface area contributed by atoms with Crippen LogP contribution in [0.25, 0.3) is 0 Å². The Bertz CT molecular complexity index is 257. The molecule has 0 radical (unpaired) electrons. The fourth-order valence-corrected chi connectivity index (χ4v) is 1.00. The number of halogens is 1. The molecular weight excluding hydrogens is 166 g/mol. The predicted octanol–water partition coefficient (Wildman–Crippen LogP) is 1.62. The molecule has 11 heavy (non-hydrogen) atoms. The average Bonchev–Trinajstić information content (AvgIpc) is 2.31. The number of rotatable bonds is 3. The van der Waals surface area contributed by atoms with Gasteiger partial charge in [0.15, 0.2) is 0 Å². The summed E-state index contributed by atoms with van der Waals surface area (Å²) < 4.78 is 1.69. The summed E-state index contributed by atoms with van der Waals surface area (Å²) in [5, 5.41) is 8.92. The summed E-state index contributed by atoms with van der Waals surface area (Å²) in [7, 11) is 0. The molecule has 0 fully saturated rings. The molecule has 1 N–H and O–H groups in total. The highest BCUT2D eigenvalue weighted by atomic mass is 35.5. The highest BCUT2D eigenvalue weighted by Gasteiger charge is 1.99. The number of aromatic nitrogens is 1. The van der Waals surface area contributed by atoms with Gasteiger partial charge in [-0.1, -0.05) is 11.6 Å². The molecule has 0 aliphatic heterocycles. The van der Waals surface area contributed by atoms with Crippen molar-refractivity contribution >= 4 is 17.6 Å². The second-order valence-electron chi connectivity index (χ2n) is 2.17. The van der Waals surface area contributed by atoms with E-state index in [1.165, 1.54) is 0 Å². The molecule has 1 aromatic heterocycles. The van der Waals surface area contributed by atoms with Gasteiger partial charge in [-0.2, -0.15) is 0 Å². The number of aliphatic carboxylic acids is 1. The maximum Gasteiger partial charge on any atom is 0.305 e. The predicted molar refractivity (Wildman–Crippen MR) is 41.7 cm³/mol. The number of hydrogen-bond donors (Lipinski definition) is 1. The van der Waals surface area contributed by atoms with Crippen LogP contribution in [0.5, 0.6) is 0 Å². The zero-order chi connectivity index (χ0) is 8.27. The Labute approximate surface area is 69.2 Å². The van der Waals surface area contributed by atoms with Crippen LogP contribution in [0.2, 0.25) is 5.15 Å². The van der Waals surface area contributed by atoms with Crippen LogP contribution >= 0.6 is 11.6 Å². The molecule has 0 unspecified atom stereocenters. The van der Waals surface area contributed by atoms with Crippen LogP contribution in [-0.2, 0) is 11.3 Å². The first kappa shape index (κ1) is 8.14. The first-order valence-electron chi connectivity index (χ1n) is 3.22. The van der Waals surface area contributed by atoms with Crippen molar-refractivity contribution in [2.75, 3.05) is 0 Å². The van der Waals surface area contributed by atoms with Crippen molar-refractivity contribution in [1.82, 2.24) is 4.57 Å². The number of carboxylic acid groups (broad SMARTS) is 1. The SMILES string of the molecule is O=C(O)CCn1cccc1Cl. The van der Waals surface area contributed by atoms with Gasteiger partial charge in [0.25, 0.3) is 0 Å². The van der Waals surface area contributed by atoms with Gasteiger partial charge in [0.1, 0.15) is 5.15 Å². The molecule has 0 saturated heterocycles. The van der Waals surface area contributed by atoms with Crippen molar-refractivity contribution in [3.63, 3.8) is 0 Å². The average molecular weight is 174 g/mol. The topological polar surface area (TPSA) is 42.2 Å². The maximum atomic E-state index is 10.1. The summed E-state index contributed by atoms with van der Waals surface area (Å²) in [5.74, 6) is -0.810. The standard InChI is InChI=1S/C7H8ClNO2/c8-6-2-1-4-9(6)5-3-7(10)11/h1-2,4H,3,5H2,(H,10,11). The summed E-state index contributed by atoms with van der Waals surface area (Å²) in [6.07, 6.45) is 1.86. The Hall–Kier alpha value is -0.960. The van der Waals surface area contributed by atoms with E-state index in [9.17, 15) is 4.79 Å². The van der Waals surface area contributed by atoms with Crippen LogP contribution in [0.1, 0.15) is 6.42 Å².